The van der Waals surface area contributed by atoms with Gasteiger partial charge in [-0.15, -0.1) is 0 Å². The van der Waals surface area contributed by atoms with E-state index in [4.69, 9.17) is 13.5 Å². The SMILES string of the molecule is O=S(=O)(Cl)Cl.OCC(F)F. The normalized spacial score (nSPS) is 10.6. The zero-order chi connectivity index (χ0) is 8.78. The Labute approximate surface area is 65.5 Å². The van der Waals surface area contributed by atoms with Crippen LogP contribution in [0.2, 0.25) is 0 Å². The number of aliphatic hydroxyl groups is 1. The molecule has 1 N–H and O–H groups in total. The highest BCUT2D eigenvalue weighted by molar-refractivity contribution is 8.31. The van der Waals surface area contributed by atoms with Crippen LogP contribution in [-0.2, 0) is 8.26 Å². The van der Waals surface area contributed by atoms with Crippen LogP contribution in [0.1, 0.15) is 0 Å². The lowest BCUT2D eigenvalue weighted by molar-refractivity contribution is 0.0700. The number of aliphatic hydroxyl groups excluding tert-OH is 1. The summed E-state index contributed by atoms with van der Waals surface area (Å²) in [5.74, 6) is 0. The average molecular weight is 217 g/mol. The van der Waals surface area contributed by atoms with Gasteiger partial charge in [0, 0.05) is 21.4 Å². The number of halogens is 4. The average Bonchev–Trinajstić information content (AvgIpc) is 1.61. The van der Waals surface area contributed by atoms with Gasteiger partial charge in [-0.05, 0) is 0 Å². The highest BCUT2D eigenvalue weighted by atomic mass is 36.0. The molecule has 0 bridgehead atoms. The minimum Gasteiger partial charge on any atom is -0.390 e. The van der Waals surface area contributed by atoms with Crippen LogP contribution in [0.3, 0.4) is 0 Å². The summed E-state index contributed by atoms with van der Waals surface area (Å²) in [6.45, 7) is -1.03. The van der Waals surface area contributed by atoms with Crippen LogP contribution in [0.25, 0.3) is 0 Å². The number of hydrogen-bond donors (Lipinski definition) is 1. The largest absolute Gasteiger partial charge is 0.390 e. The molecule has 0 aliphatic rings. The third kappa shape index (κ3) is 81.7. The molecule has 0 aromatic rings. The van der Waals surface area contributed by atoms with E-state index in [0.29, 0.717) is 0 Å². The molecular weight excluding hydrogens is 213 g/mol. The quantitative estimate of drug-likeness (QED) is 0.665. The summed E-state index contributed by atoms with van der Waals surface area (Å²) >= 11 is 0. The fourth-order valence-corrected chi connectivity index (χ4v) is 0. The first kappa shape index (κ1) is 13.0. The van der Waals surface area contributed by atoms with Crippen LogP contribution in [-0.4, -0.2) is 26.6 Å². The zero-order valence-electron chi connectivity index (χ0n) is 4.47. The van der Waals surface area contributed by atoms with E-state index in [1.807, 2.05) is 0 Å². The van der Waals surface area contributed by atoms with Gasteiger partial charge in [0.1, 0.15) is 6.61 Å². The lowest BCUT2D eigenvalue weighted by atomic mass is 10.8. The van der Waals surface area contributed by atoms with Crippen molar-refractivity contribution in [3.05, 3.63) is 0 Å². The molecule has 0 aromatic carbocycles. The summed E-state index contributed by atoms with van der Waals surface area (Å²) in [4.78, 5) is 0. The number of hydrogen-bond acceptors (Lipinski definition) is 3. The van der Waals surface area contributed by atoms with Gasteiger partial charge in [0.2, 0.25) is 0 Å². The van der Waals surface area contributed by atoms with E-state index in [9.17, 15) is 8.78 Å². The first-order valence-corrected chi connectivity index (χ1v) is 4.94. The predicted octanol–water partition coefficient (Wildman–Crippen LogP) is 0.953. The first-order chi connectivity index (χ1) is 4.27. The number of alkyl halides is 2. The summed E-state index contributed by atoms with van der Waals surface area (Å²) in [5.41, 5.74) is 0. The molecule has 0 saturated heterocycles. The third-order valence-electron chi connectivity index (χ3n) is 0.138. The molecule has 0 aliphatic heterocycles. The van der Waals surface area contributed by atoms with Gasteiger partial charge in [0.15, 0.2) is 0 Å². The molecule has 0 spiro atoms. The van der Waals surface area contributed by atoms with Gasteiger partial charge in [-0.25, -0.2) is 8.78 Å². The summed E-state index contributed by atoms with van der Waals surface area (Å²) in [6.07, 6.45) is -2.56. The van der Waals surface area contributed by atoms with E-state index in [-0.39, 0.29) is 0 Å². The molecule has 0 amide bonds. The molecule has 10 heavy (non-hydrogen) atoms. The van der Waals surface area contributed by atoms with Crippen molar-refractivity contribution in [2.45, 2.75) is 6.43 Å². The molecule has 0 atom stereocenters. The van der Waals surface area contributed by atoms with Crippen molar-refractivity contribution in [1.29, 1.82) is 0 Å². The minimum atomic E-state index is -3.72. The molecule has 0 heterocycles. The van der Waals surface area contributed by atoms with Crippen molar-refractivity contribution in [1.82, 2.24) is 0 Å². The van der Waals surface area contributed by atoms with E-state index in [0.717, 1.165) is 0 Å². The Hall–Kier alpha value is 0.350. The molecular formula is C2H4Cl2F2O3S. The molecule has 0 saturated carbocycles. The van der Waals surface area contributed by atoms with Gasteiger partial charge >= 0.3 is 8.26 Å². The van der Waals surface area contributed by atoms with Gasteiger partial charge < -0.3 is 5.11 Å². The van der Waals surface area contributed by atoms with Gasteiger partial charge in [-0.3, -0.25) is 0 Å². The van der Waals surface area contributed by atoms with E-state index >= 15 is 0 Å². The molecule has 0 rings (SSSR count). The molecule has 0 aliphatic carbocycles. The molecule has 0 aromatic heterocycles. The Morgan fingerprint density at radius 1 is 1.40 bits per heavy atom. The topological polar surface area (TPSA) is 54.4 Å². The van der Waals surface area contributed by atoms with Gasteiger partial charge in [-0.2, -0.15) is 8.42 Å². The number of rotatable bonds is 1. The smallest absolute Gasteiger partial charge is 0.317 e. The van der Waals surface area contributed by atoms with Gasteiger partial charge in [0.05, 0.1) is 0 Å². The lowest BCUT2D eigenvalue weighted by Gasteiger charge is -1.81. The Balaban J connectivity index is 0. The Bertz CT molecular complexity index is 148. The summed E-state index contributed by atoms with van der Waals surface area (Å²) in [6, 6.07) is 0. The monoisotopic (exact) mass is 216 g/mol. The van der Waals surface area contributed by atoms with Crippen LogP contribution in [0.5, 0.6) is 0 Å². The summed E-state index contributed by atoms with van der Waals surface area (Å²) in [7, 11) is 4.81. The second kappa shape index (κ2) is 6.09. The third-order valence-corrected chi connectivity index (χ3v) is 0.138. The van der Waals surface area contributed by atoms with Crippen molar-refractivity contribution in [3.63, 3.8) is 0 Å². The minimum absolute atomic E-state index is 1.03. The molecule has 0 unspecified atom stereocenters. The van der Waals surface area contributed by atoms with Crippen LogP contribution in [0, 0.1) is 0 Å². The fourth-order valence-electron chi connectivity index (χ4n) is 0. The second-order valence-corrected chi connectivity index (χ2v) is 4.62. The highest BCUT2D eigenvalue weighted by Crippen LogP contribution is 1.98. The first-order valence-electron chi connectivity index (χ1n) is 1.80. The molecule has 0 radical (unpaired) electrons. The molecule has 8 heteroatoms. The Kier molecular flexibility index (Phi) is 7.90. The van der Waals surface area contributed by atoms with E-state index in [1.54, 1.807) is 0 Å². The second-order valence-electron chi connectivity index (χ2n) is 0.952. The maximum atomic E-state index is 10.5. The molecule has 0 fully saturated rings. The van der Waals surface area contributed by atoms with Crippen LogP contribution in [0.15, 0.2) is 0 Å². The Morgan fingerprint density at radius 2 is 1.50 bits per heavy atom. The predicted molar refractivity (Wildman–Crippen MR) is 33.7 cm³/mol. The van der Waals surface area contributed by atoms with Crippen molar-refractivity contribution < 1.29 is 22.3 Å². The van der Waals surface area contributed by atoms with Crippen molar-refractivity contribution in [2.75, 3.05) is 6.61 Å². The van der Waals surface area contributed by atoms with Gasteiger partial charge in [0.25, 0.3) is 6.43 Å². The maximum Gasteiger partial charge on any atom is 0.317 e. The highest BCUT2D eigenvalue weighted by Gasteiger charge is 1.92. The van der Waals surface area contributed by atoms with E-state index < -0.39 is 21.3 Å². The van der Waals surface area contributed by atoms with E-state index in [1.165, 1.54) is 0 Å². The lowest BCUT2D eigenvalue weighted by Crippen LogP contribution is -1.94. The van der Waals surface area contributed by atoms with Crippen molar-refractivity contribution >= 4 is 29.6 Å². The van der Waals surface area contributed by atoms with Crippen molar-refractivity contribution in [2.24, 2.45) is 0 Å². The van der Waals surface area contributed by atoms with E-state index in [2.05, 4.69) is 21.4 Å². The summed E-state index contributed by atoms with van der Waals surface area (Å²) in [5, 5.41) is 7.39. The standard InChI is InChI=1S/C2H4F2O.Cl2O2S/c3-2(4)1-5;1-5(2,3)4/h2,5H,1H2;. The van der Waals surface area contributed by atoms with Crippen LogP contribution >= 0.6 is 21.4 Å². The molecule has 3 nitrogen and oxygen atoms in total. The Morgan fingerprint density at radius 3 is 1.50 bits per heavy atom. The van der Waals surface area contributed by atoms with Crippen LogP contribution in [0.4, 0.5) is 8.78 Å². The maximum absolute atomic E-state index is 10.5. The van der Waals surface area contributed by atoms with Crippen molar-refractivity contribution in [3.8, 4) is 0 Å². The summed E-state index contributed by atoms with van der Waals surface area (Å²) < 4.78 is 39.4. The molecule has 64 valence electrons. The fraction of sp³-hybridized carbons (Fsp3) is 1.00. The van der Waals surface area contributed by atoms with Crippen LogP contribution < -0.4 is 0 Å². The zero-order valence-corrected chi connectivity index (χ0v) is 6.80. The van der Waals surface area contributed by atoms with Gasteiger partial charge in [-0.1, -0.05) is 0 Å².